The smallest absolute Gasteiger partial charge is 0.347 e. The van der Waals surface area contributed by atoms with E-state index < -0.39 is 11.9 Å². The third-order valence-corrected chi connectivity index (χ3v) is 3.15. The fourth-order valence-corrected chi connectivity index (χ4v) is 2.02. The molecule has 0 radical (unpaired) electrons. The Bertz CT molecular complexity index is 506. The van der Waals surface area contributed by atoms with Crippen molar-refractivity contribution in [2.45, 2.75) is 47.1 Å². The van der Waals surface area contributed by atoms with Crippen LogP contribution in [0.3, 0.4) is 0 Å². The molecule has 18 heavy (non-hydrogen) atoms. The number of hydrogen-bond acceptors (Lipinski definition) is 3. The van der Waals surface area contributed by atoms with Gasteiger partial charge in [0.05, 0.1) is 5.92 Å². The lowest BCUT2D eigenvalue weighted by atomic mass is 9.99. The van der Waals surface area contributed by atoms with Crippen molar-refractivity contribution >= 4 is 5.97 Å². The van der Waals surface area contributed by atoms with E-state index in [1.165, 1.54) is 0 Å². The minimum absolute atomic E-state index is 0.251. The molecule has 0 aliphatic carbocycles. The number of carboxylic acids is 1. The van der Waals surface area contributed by atoms with Crippen LogP contribution < -0.4 is 5.69 Å². The summed E-state index contributed by atoms with van der Waals surface area (Å²) < 4.78 is 1.62. The fourth-order valence-electron chi connectivity index (χ4n) is 2.02. The highest BCUT2D eigenvalue weighted by atomic mass is 16.4. The lowest BCUT2D eigenvalue weighted by molar-refractivity contribution is -0.141. The number of rotatable bonds is 5. The first-order valence-electron chi connectivity index (χ1n) is 6.18. The lowest BCUT2D eigenvalue weighted by Crippen LogP contribution is -2.28. The summed E-state index contributed by atoms with van der Waals surface area (Å²) in [6.45, 7) is 7.89. The Morgan fingerprint density at radius 2 is 2.06 bits per heavy atom. The molecule has 100 valence electrons. The Labute approximate surface area is 106 Å². The molecule has 0 aliphatic rings. The molecular weight excluding hydrogens is 232 g/mol. The van der Waals surface area contributed by atoms with Gasteiger partial charge >= 0.3 is 11.7 Å². The first-order chi connectivity index (χ1) is 8.38. The minimum atomic E-state index is -0.831. The van der Waals surface area contributed by atoms with Gasteiger partial charge in [-0.1, -0.05) is 13.8 Å². The zero-order chi connectivity index (χ0) is 13.9. The maximum absolute atomic E-state index is 11.8. The number of aliphatic carboxylic acids is 1. The molecule has 1 heterocycles. The molecule has 0 fully saturated rings. The van der Waals surface area contributed by atoms with Gasteiger partial charge in [0.15, 0.2) is 0 Å². The van der Waals surface area contributed by atoms with E-state index in [4.69, 9.17) is 5.11 Å². The number of nitrogens with zero attached hydrogens (tertiary/aromatic N) is 2. The van der Waals surface area contributed by atoms with E-state index in [0.717, 1.165) is 17.7 Å². The van der Waals surface area contributed by atoms with Crippen LogP contribution in [0.4, 0.5) is 0 Å². The van der Waals surface area contributed by atoms with Gasteiger partial charge in [-0.05, 0) is 32.3 Å². The van der Waals surface area contributed by atoms with Gasteiger partial charge in [-0.15, -0.1) is 0 Å². The van der Waals surface area contributed by atoms with Crippen LogP contribution in [-0.4, -0.2) is 20.6 Å². The Hall–Kier alpha value is -1.65. The van der Waals surface area contributed by atoms with Crippen molar-refractivity contribution < 1.29 is 9.90 Å². The number of aryl methyl sites for hydroxylation is 1. The molecule has 1 rings (SSSR count). The summed E-state index contributed by atoms with van der Waals surface area (Å²) in [6.07, 6.45) is 1.25. The first kappa shape index (κ1) is 14.4. The summed E-state index contributed by atoms with van der Waals surface area (Å²) in [5.41, 5.74) is 2.09. The predicted molar refractivity (Wildman–Crippen MR) is 68.8 cm³/mol. The normalized spacial score (nSPS) is 12.4. The van der Waals surface area contributed by atoms with E-state index in [1.807, 2.05) is 13.8 Å². The largest absolute Gasteiger partial charge is 0.481 e. The molecular formula is C13H20N2O3. The highest BCUT2D eigenvalue weighted by Gasteiger charge is 2.17. The maximum Gasteiger partial charge on any atom is 0.347 e. The summed E-state index contributed by atoms with van der Waals surface area (Å²) in [5, 5.41) is 8.96. The molecule has 1 aromatic heterocycles. The van der Waals surface area contributed by atoms with Gasteiger partial charge in [0.1, 0.15) is 0 Å². The van der Waals surface area contributed by atoms with Crippen molar-refractivity contribution in [2.24, 2.45) is 5.92 Å². The van der Waals surface area contributed by atoms with Crippen LogP contribution in [0.25, 0.3) is 0 Å². The zero-order valence-corrected chi connectivity index (χ0v) is 11.4. The van der Waals surface area contributed by atoms with Gasteiger partial charge in [0.2, 0.25) is 0 Å². The molecule has 0 saturated heterocycles. The van der Waals surface area contributed by atoms with E-state index in [2.05, 4.69) is 4.98 Å². The Kier molecular flexibility index (Phi) is 4.64. The van der Waals surface area contributed by atoms with Gasteiger partial charge in [-0.25, -0.2) is 4.79 Å². The van der Waals surface area contributed by atoms with Crippen molar-refractivity contribution in [3.8, 4) is 0 Å². The van der Waals surface area contributed by atoms with Crippen LogP contribution in [0.5, 0.6) is 0 Å². The summed E-state index contributed by atoms with van der Waals surface area (Å²) >= 11 is 0. The average Bonchev–Trinajstić information content (AvgIpc) is 2.29. The van der Waals surface area contributed by atoms with E-state index in [9.17, 15) is 9.59 Å². The van der Waals surface area contributed by atoms with Gasteiger partial charge in [0.25, 0.3) is 0 Å². The number of hydrogen-bond donors (Lipinski definition) is 1. The fraction of sp³-hybridized carbons (Fsp3) is 0.615. The topological polar surface area (TPSA) is 72.2 Å². The molecule has 0 amide bonds. The molecule has 0 saturated carbocycles. The molecule has 1 unspecified atom stereocenters. The van der Waals surface area contributed by atoms with Crippen molar-refractivity contribution in [2.75, 3.05) is 0 Å². The first-order valence-corrected chi connectivity index (χ1v) is 6.18. The van der Waals surface area contributed by atoms with Crippen molar-refractivity contribution in [3.05, 3.63) is 27.4 Å². The third-order valence-electron chi connectivity index (χ3n) is 3.15. The predicted octanol–water partition coefficient (Wildman–Crippen LogP) is 1.53. The standard InChI is InChI=1S/C13H20N2O3/c1-5-6-15-10(4)11(7-8(2)12(16)17)9(3)14-13(15)18/h8H,5-7H2,1-4H3,(H,16,17). The highest BCUT2D eigenvalue weighted by molar-refractivity contribution is 5.70. The Morgan fingerprint density at radius 3 is 2.56 bits per heavy atom. The second-order valence-electron chi connectivity index (χ2n) is 4.64. The molecule has 0 spiro atoms. The van der Waals surface area contributed by atoms with Crippen LogP contribution in [0.1, 0.15) is 37.2 Å². The van der Waals surface area contributed by atoms with Gasteiger partial charge < -0.3 is 5.11 Å². The van der Waals surface area contributed by atoms with Crippen LogP contribution in [-0.2, 0) is 17.8 Å². The highest BCUT2D eigenvalue weighted by Crippen LogP contribution is 2.15. The minimum Gasteiger partial charge on any atom is -0.481 e. The molecule has 1 atom stereocenters. The molecule has 1 aromatic rings. The zero-order valence-electron chi connectivity index (χ0n) is 11.4. The van der Waals surface area contributed by atoms with Crippen molar-refractivity contribution in [1.29, 1.82) is 0 Å². The summed E-state index contributed by atoms with van der Waals surface area (Å²) in [6, 6.07) is 0. The second-order valence-corrected chi connectivity index (χ2v) is 4.64. The molecule has 0 aromatic carbocycles. The quantitative estimate of drug-likeness (QED) is 0.862. The van der Waals surface area contributed by atoms with Crippen molar-refractivity contribution in [1.82, 2.24) is 9.55 Å². The summed E-state index contributed by atoms with van der Waals surface area (Å²) in [7, 11) is 0. The molecule has 1 N–H and O–H groups in total. The van der Waals surface area contributed by atoms with Crippen LogP contribution in [0.2, 0.25) is 0 Å². The maximum atomic E-state index is 11.8. The second kappa shape index (κ2) is 5.80. The van der Waals surface area contributed by atoms with E-state index in [0.29, 0.717) is 18.7 Å². The summed E-state index contributed by atoms with van der Waals surface area (Å²) in [5.74, 6) is -1.31. The van der Waals surface area contributed by atoms with Crippen molar-refractivity contribution in [3.63, 3.8) is 0 Å². The number of carbonyl (C=O) groups is 1. The number of carboxylic acid groups (broad SMARTS) is 1. The van der Waals surface area contributed by atoms with Crippen LogP contribution in [0, 0.1) is 19.8 Å². The van der Waals surface area contributed by atoms with E-state index in [-0.39, 0.29) is 5.69 Å². The van der Waals surface area contributed by atoms with Gasteiger partial charge in [-0.3, -0.25) is 9.36 Å². The Balaban J connectivity index is 3.23. The lowest BCUT2D eigenvalue weighted by Gasteiger charge is -2.16. The average molecular weight is 252 g/mol. The Morgan fingerprint density at radius 1 is 1.44 bits per heavy atom. The molecule has 0 bridgehead atoms. The van der Waals surface area contributed by atoms with Crippen LogP contribution in [0.15, 0.2) is 4.79 Å². The van der Waals surface area contributed by atoms with E-state index in [1.54, 1.807) is 18.4 Å². The van der Waals surface area contributed by atoms with Gasteiger partial charge in [0, 0.05) is 17.9 Å². The summed E-state index contributed by atoms with van der Waals surface area (Å²) in [4.78, 5) is 26.7. The van der Waals surface area contributed by atoms with Gasteiger partial charge in [-0.2, -0.15) is 4.98 Å². The molecule has 5 nitrogen and oxygen atoms in total. The molecule has 0 aliphatic heterocycles. The monoisotopic (exact) mass is 252 g/mol. The third kappa shape index (κ3) is 2.97. The van der Waals surface area contributed by atoms with E-state index >= 15 is 0 Å². The van der Waals surface area contributed by atoms with Crippen LogP contribution >= 0.6 is 0 Å². The SMILES string of the molecule is CCCn1c(C)c(CC(C)C(=O)O)c(C)nc1=O. The molecule has 5 heteroatoms. The number of aromatic nitrogens is 2.